The highest BCUT2D eigenvalue weighted by molar-refractivity contribution is 8.24. The Morgan fingerprint density at radius 1 is 1.33 bits per heavy atom. The van der Waals surface area contributed by atoms with Gasteiger partial charge in [0, 0.05) is 11.4 Å². The topological polar surface area (TPSA) is 55.8 Å². The minimum atomic E-state index is -0.567. The Morgan fingerprint density at radius 3 is 2.70 bits per heavy atom. The number of carbonyl (C=O) groups excluding carboxylic acids is 1. The van der Waals surface area contributed by atoms with Gasteiger partial charge < -0.3 is 10.2 Å². The number of hydroxylamine groups is 2. The summed E-state index contributed by atoms with van der Waals surface area (Å²) in [5.74, 6) is 0. The predicted octanol–water partition coefficient (Wildman–Crippen LogP) is 5.30. The van der Waals surface area contributed by atoms with Crippen molar-refractivity contribution in [2.75, 3.05) is 5.32 Å². The van der Waals surface area contributed by atoms with E-state index in [0.717, 1.165) is 22.3 Å². The summed E-state index contributed by atoms with van der Waals surface area (Å²) in [6, 6.07) is 13.1. The second-order valence-corrected chi connectivity index (χ2v) is 9.60. The highest BCUT2D eigenvalue weighted by Crippen LogP contribution is 2.44. The second-order valence-electron chi connectivity index (χ2n) is 7.31. The number of nitrogens with zero attached hydrogens (tertiary/aromatic N) is 2. The van der Waals surface area contributed by atoms with E-state index in [0.29, 0.717) is 10.0 Å². The molecule has 0 aliphatic carbocycles. The van der Waals surface area contributed by atoms with Gasteiger partial charge in [-0.15, -0.1) is 0 Å². The molecule has 7 heteroatoms. The van der Waals surface area contributed by atoms with Crippen molar-refractivity contribution in [2.24, 2.45) is 0 Å². The second kappa shape index (κ2) is 7.66. The fourth-order valence-corrected chi connectivity index (χ4v) is 5.49. The molecule has 2 atom stereocenters. The molecule has 1 aliphatic rings. The van der Waals surface area contributed by atoms with Crippen LogP contribution in [0.15, 0.2) is 42.5 Å². The Morgan fingerprint density at radius 2 is 2.00 bits per heavy atom. The lowest BCUT2D eigenvalue weighted by molar-refractivity contribution is -0.120. The molecule has 2 amide bonds. The van der Waals surface area contributed by atoms with Gasteiger partial charge in [-0.3, -0.25) is 5.21 Å². The smallest absolute Gasteiger partial charge is 0.331 e. The quantitative estimate of drug-likeness (QED) is 0.412. The maximum atomic E-state index is 12.9. The van der Waals surface area contributed by atoms with Gasteiger partial charge in [-0.25, -0.2) is 4.79 Å². The molecule has 0 saturated carbocycles. The number of fused-ring (bicyclic) bond motifs is 1. The number of hydrogen-bond donors (Lipinski definition) is 2. The van der Waals surface area contributed by atoms with Crippen molar-refractivity contribution in [2.45, 2.75) is 51.1 Å². The number of thioether (sulfide) groups is 1. The summed E-state index contributed by atoms with van der Waals surface area (Å²) in [4.78, 5) is 14.8. The van der Waals surface area contributed by atoms with Crippen LogP contribution in [0.4, 0.5) is 10.5 Å². The molecule has 0 unspecified atom stereocenters. The molecule has 0 bridgehead atoms. The average Bonchev–Trinajstić information content (AvgIpc) is 2.89. The number of rotatable bonds is 4. The Kier molecular flexibility index (Phi) is 5.65. The van der Waals surface area contributed by atoms with Crippen LogP contribution >= 0.6 is 24.0 Å². The van der Waals surface area contributed by atoms with Gasteiger partial charge in [-0.1, -0.05) is 67.3 Å². The van der Waals surface area contributed by atoms with E-state index < -0.39 is 16.9 Å². The summed E-state index contributed by atoms with van der Waals surface area (Å²) in [5.41, 5.74) is 0.665. The molecule has 5 nitrogen and oxygen atoms in total. The number of nitrogens with one attached hydrogen (secondary N) is 1. The predicted molar refractivity (Wildman–Crippen MR) is 116 cm³/mol. The lowest BCUT2D eigenvalue weighted by atomic mass is 10.1. The van der Waals surface area contributed by atoms with E-state index in [9.17, 15) is 10.0 Å². The average molecular weight is 404 g/mol. The number of hydrogen-bond acceptors (Lipinski definition) is 4. The third-order valence-corrected chi connectivity index (χ3v) is 6.57. The van der Waals surface area contributed by atoms with Crippen molar-refractivity contribution in [1.82, 2.24) is 9.96 Å². The van der Waals surface area contributed by atoms with Gasteiger partial charge >= 0.3 is 6.03 Å². The molecule has 1 aliphatic heterocycles. The van der Waals surface area contributed by atoms with E-state index in [2.05, 4.69) is 19.2 Å². The summed E-state index contributed by atoms with van der Waals surface area (Å²) in [6.45, 7) is 8.10. The molecule has 2 aromatic carbocycles. The van der Waals surface area contributed by atoms with E-state index in [1.807, 2.05) is 61.2 Å². The Hall–Kier alpha value is -1.83. The van der Waals surface area contributed by atoms with Gasteiger partial charge in [0.2, 0.25) is 0 Å². The lowest BCUT2D eigenvalue weighted by Crippen LogP contribution is -2.57. The zero-order valence-electron chi connectivity index (χ0n) is 16.0. The SMILES string of the molecule is CC[C@H](C)N1C(=S)SC(C)(C)[C@H]1N(O)C(=O)Nc1cccc2ccccc12. The standard InChI is InChI=1S/C20H25N3O2S2/c1-5-13(2)22-17(20(3,4)27-19(22)26)23(25)18(24)21-16-12-8-10-14-9-6-7-11-15(14)16/h6-13,17,25H,5H2,1-4H3,(H,21,24)/t13-,17+/m0/s1. The Balaban J connectivity index is 1.88. The Labute approximate surface area is 169 Å². The normalized spacial score (nSPS) is 20.0. The van der Waals surface area contributed by atoms with Crippen molar-refractivity contribution in [3.63, 3.8) is 0 Å². The summed E-state index contributed by atoms with van der Waals surface area (Å²) in [7, 11) is 0. The molecular formula is C20H25N3O2S2. The van der Waals surface area contributed by atoms with Crippen molar-refractivity contribution in [3.05, 3.63) is 42.5 Å². The minimum Gasteiger partial charge on any atom is -0.331 e. The highest BCUT2D eigenvalue weighted by atomic mass is 32.2. The first-order chi connectivity index (χ1) is 12.8. The number of carbonyl (C=O) groups is 1. The van der Waals surface area contributed by atoms with Crippen LogP contribution in [0.25, 0.3) is 10.8 Å². The van der Waals surface area contributed by atoms with E-state index in [-0.39, 0.29) is 6.04 Å². The highest BCUT2D eigenvalue weighted by Gasteiger charge is 2.50. The third-order valence-electron chi connectivity index (χ3n) is 4.98. The van der Waals surface area contributed by atoms with Crippen LogP contribution in [0.3, 0.4) is 0 Å². The molecule has 1 fully saturated rings. The molecular weight excluding hydrogens is 378 g/mol. The van der Waals surface area contributed by atoms with Crippen LogP contribution in [-0.2, 0) is 0 Å². The van der Waals surface area contributed by atoms with Crippen molar-refractivity contribution >= 4 is 50.8 Å². The van der Waals surface area contributed by atoms with Crippen LogP contribution in [-0.4, -0.2) is 42.5 Å². The van der Waals surface area contributed by atoms with E-state index in [1.165, 1.54) is 11.8 Å². The molecule has 3 rings (SSSR count). The van der Waals surface area contributed by atoms with Crippen LogP contribution in [0.2, 0.25) is 0 Å². The van der Waals surface area contributed by atoms with Gasteiger partial charge in [0.1, 0.15) is 10.5 Å². The number of thiocarbonyl (C=S) groups is 1. The number of benzene rings is 2. The summed E-state index contributed by atoms with van der Waals surface area (Å²) < 4.78 is 0.280. The fourth-order valence-electron chi connectivity index (χ4n) is 3.41. The zero-order valence-corrected chi connectivity index (χ0v) is 17.6. The summed E-state index contributed by atoms with van der Waals surface area (Å²) >= 11 is 7.04. The van der Waals surface area contributed by atoms with Crippen LogP contribution < -0.4 is 5.32 Å². The molecule has 0 aromatic heterocycles. The minimum absolute atomic E-state index is 0.122. The first kappa shape index (κ1) is 19.9. The van der Waals surface area contributed by atoms with Crippen molar-refractivity contribution in [1.29, 1.82) is 0 Å². The van der Waals surface area contributed by atoms with Gasteiger partial charge in [-0.2, -0.15) is 5.06 Å². The number of anilines is 1. The lowest BCUT2D eigenvalue weighted by Gasteiger charge is -2.39. The maximum Gasteiger partial charge on any atom is 0.347 e. The zero-order chi connectivity index (χ0) is 19.8. The molecule has 0 spiro atoms. The monoisotopic (exact) mass is 403 g/mol. The van der Waals surface area contributed by atoms with Crippen LogP contribution in [0.5, 0.6) is 0 Å². The molecule has 1 saturated heterocycles. The van der Waals surface area contributed by atoms with Crippen molar-refractivity contribution < 1.29 is 10.0 Å². The fraction of sp³-hybridized carbons (Fsp3) is 0.400. The van der Waals surface area contributed by atoms with Crippen molar-refractivity contribution in [3.8, 4) is 0 Å². The number of amides is 2. The van der Waals surface area contributed by atoms with Gasteiger partial charge in [0.05, 0.1) is 10.4 Å². The number of urea groups is 1. The summed E-state index contributed by atoms with van der Waals surface area (Å²) in [5, 5.41) is 16.4. The molecule has 1 heterocycles. The summed E-state index contributed by atoms with van der Waals surface area (Å²) in [6.07, 6.45) is 0.325. The molecule has 144 valence electrons. The third kappa shape index (κ3) is 3.77. The molecule has 0 radical (unpaired) electrons. The first-order valence-electron chi connectivity index (χ1n) is 9.04. The van der Waals surface area contributed by atoms with Gasteiger partial charge in [0.15, 0.2) is 0 Å². The van der Waals surface area contributed by atoms with E-state index in [1.54, 1.807) is 0 Å². The first-order valence-corrected chi connectivity index (χ1v) is 10.3. The Bertz CT molecular complexity index is 866. The molecule has 2 aromatic rings. The maximum absolute atomic E-state index is 12.9. The van der Waals surface area contributed by atoms with Gasteiger partial charge in [-0.05, 0) is 38.6 Å². The van der Waals surface area contributed by atoms with Gasteiger partial charge in [0.25, 0.3) is 0 Å². The van der Waals surface area contributed by atoms with Crippen LogP contribution in [0.1, 0.15) is 34.1 Å². The van der Waals surface area contributed by atoms with E-state index >= 15 is 0 Å². The van der Waals surface area contributed by atoms with E-state index in [4.69, 9.17) is 12.2 Å². The van der Waals surface area contributed by atoms with Crippen LogP contribution in [0, 0.1) is 0 Å². The largest absolute Gasteiger partial charge is 0.347 e. The molecule has 2 N–H and O–H groups in total. The molecule has 27 heavy (non-hydrogen) atoms.